The molecule has 0 radical (unpaired) electrons. The van der Waals surface area contributed by atoms with Gasteiger partial charge in [-0.2, -0.15) is 0 Å². The first kappa shape index (κ1) is 11.0. The molecule has 0 aromatic carbocycles. The van der Waals surface area contributed by atoms with Crippen LogP contribution in [0.15, 0.2) is 0 Å². The second-order valence-electron chi connectivity index (χ2n) is 4.48. The summed E-state index contributed by atoms with van der Waals surface area (Å²) in [5.74, 6) is 1.32. The van der Waals surface area contributed by atoms with Crippen LogP contribution in [0.5, 0.6) is 0 Å². The van der Waals surface area contributed by atoms with Gasteiger partial charge in [0, 0.05) is 6.92 Å². The SMILES string of the molecule is CC(=O)SCC(=O)OC1CC2CCC1C2. The van der Waals surface area contributed by atoms with Gasteiger partial charge in [0.15, 0.2) is 5.12 Å². The molecule has 2 fully saturated rings. The topological polar surface area (TPSA) is 43.4 Å². The average molecular weight is 228 g/mol. The monoisotopic (exact) mass is 228 g/mol. The van der Waals surface area contributed by atoms with Gasteiger partial charge >= 0.3 is 5.97 Å². The molecule has 2 aliphatic rings. The Kier molecular flexibility index (Phi) is 3.34. The van der Waals surface area contributed by atoms with E-state index in [-0.39, 0.29) is 22.9 Å². The van der Waals surface area contributed by atoms with Gasteiger partial charge in [0.25, 0.3) is 0 Å². The highest BCUT2D eigenvalue weighted by Crippen LogP contribution is 2.45. The Morgan fingerprint density at radius 3 is 2.67 bits per heavy atom. The predicted molar refractivity (Wildman–Crippen MR) is 58.5 cm³/mol. The normalized spacial score (nSPS) is 33.0. The number of hydrogen-bond acceptors (Lipinski definition) is 4. The molecule has 0 saturated heterocycles. The summed E-state index contributed by atoms with van der Waals surface area (Å²) in [6.45, 7) is 1.47. The summed E-state index contributed by atoms with van der Waals surface area (Å²) < 4.78 is 5.38. The van der Waals surface area contributed by atoms with Gasteiger partial charge in [-0.3, -0.25) is 9.59 Å². The molecule has 0 aromatic rings. The Labute approximate surface area is 93.9 Å². The highest BCUT2D eigenvalue weighted by atomic mass is 32.2. The third-order valence-electron chi connectivity index (χ3n) is 3.35. The first-order valence-corrected chi connectivity index (χ1v) is 6.46. The van der Waals surface area contributed by atoms with Crippen molar-refractivity contribution in [3.8, 4) is 0 Å². The van der Waals surface area contributed by atoms with Gasteiger partial charge in [0.2, 0.25) is 0 Å². The fraction of sp³-hybridized carbons (Fsp3) is 0.818. The number of carbonyl (C=O) groups is 2. The lowest BCUT2D eigenvalue weighted by Crippen LogP contribution is -2.25. The van der Waals surface area contributed by atoms with E-state index in [2.05, 4.69) is 0 Å². The van der Waals surface area contributed by atoms with Crippen LogP contribution in [0.1, 0.15) is 32.6 Å². The number of thioether (sulfide) groups is 1. The zero-order valence-electron chi connectivity index (χ0n) is 8.90. The highest BCUT2D eigenvalue weighted by Gasteiger charge is 2.41. The molecule has 0 N–H and O–H groups in total. The zero-order valence-corrected chi connectivity index (χ0v) is 9.72. The Bertz CT molecular complexity index is 277. The van der Waals surface area contributed by atoms with Gasteiger partial charge in [-0.05, 0) is 37.5 Å². The van der Waals surface area contributed by atoms with Crippen LogP contribution in [0.3, 0.4) is 0 Å². The standard InChI is InChI=1S/C11H16O3S/c1-7(12)15-6-11(13)14-10-5-8-2-3-9(10)4-8/h8-10H,2-6H2,1H3. The molecule has 15 heavy (non-hydrogen) atoms. The number of rotatable bonds is 3. The van der Waals surface area contributed by atoms with E-state index in [0.717, 1.165) is 24.1 Å². The van der Waals surface area contributed by atoms with Crippen molar-refractivity contribution < 1.29 is 14.3 Å². The summed E-state index contributed by atoms with van der Waals surface area (Å²) >= 11 is 1.03. The molecule has 3 unspecified atom stereocenters. The first-order chi connectivity index (χ1) is 7.15. The molecular formula is C11H16O3S. The van der Waals surface area contributed by atoms with E-state index < -0.39 is 0 Å². The van der Waals surface area contributed by atoms with Crippen LogP contribution in [0.25, 0.3) is 0 Å². The maximum atomic E-state index is 11.4. The summed E-state index contributed by atoms with van der Waals surface area (Å²) in [7, 11) is 0. The molecule has 2 bridgehead atoms. The fourth-order valence-corrected chi connectivity index (χ4v) is 3.08. The minimum atomic E-state index is -0.229. The third kappa shape index (κ3) is 2.74. The molecule has 2 rings (SSSR count). The highest BCUT2D eigenvalue weighted by molar-refractivity contribution is 8.14. The lowest BCUT2D eigenvalue weighted by Gasteiger charge is -2.21. The van der Waals surface area contributed by atoms with E-state index in [9.17, 15) is 9.59 Å². The van der Waals surface area contributed by atoms with Crippen LogP contribution in [0, 0.1) is 11.8 Å². The van der Waals surface area contributed by atoms with Crippen LogP contribution in [-0.4, -0.2) is 22.9 Å². The van der Waals surface area contributed by atoms with Crippen molar-refractivity contribution >= 4 is 22.8 Å². The van der Waals surface area contributed by atoms with Gasteiger partial charge < -0.3 is 4.74 Å². The summed E-state index contributed by atoms with van der Waals surface area (Å²) in [6, 6.07) is 0. The Morgan fingerprint density at radius 1 is 1.33 bits per heavy atom. The molecule has 0 amide bonds. The molecule has 4 heteroatoms. The van der Waals surface area contributed by atoms with E-state index in [1.54, 1.807) is 0 Å². The summed E-state index contributed by atoms with van der Waals surface area (Å²) in [5.41, 5.74) is 0. The minimum absolute atomic E-state index is 0.0279. The Balaban J connectivity index is 1.73. The van der Waals surface area contributed by atoms with Gasteiger partial charge in [-0.1, -0.05) is 11.8 Å². The molecule has 0 aliphatic heterocycles. The van der Waals surface area contributed by atoms with Crippen molar-refractivity contribution in [1.29, 1.82) is 0 Å². The summed E-state index contributed by atoms with van der Waals surface area (Å²) in [4.78, 5) is 22.1. The van der Waals surface area contributed by atoms with Crippen molar-refractivity contribution in [1.82, 2.24) is 0 Å². The predicted octanol–water partition coefficient (Wildman–Crippen LogP) is 2.00. The number of hydrogen-bond donors (Lipinski definition) is 0. The molecule has 3 nitrogen and oxygen atoms in total. The maximum Gasteiger partial charge on any atom is 0.316 e. The second kappa shape index (κ2) is 4.56. The van der Waals surface area contributed by atoms with E-state index in [4.69, 9.17) is 4.74 Å². The van der Waals surface area contributed by atoms with Gasteiger partial charge in [-0.15, -0.1) is 0 Å². The number of ether oxygens (including phenoxy) is 1. The van der Waals surface area contributed by atoms with Crippen LogP contribution in [-0.2, 0) is 14.3 Å². The van der Waals surface area contributed by atoms with Crippen LogP contribution < -0.4 is 0 Å². The Hall–Kier alpha value is -0.510. The maximum absolute atomic E-state index is 11.4. The molecule has 2 aliphatic carbocycles. The number of fused-ring (bicyclic) bond motifs is 2. The van der Waals surface area contributed by atoms with Crippen molar-refractivity contribution in [2.45, 2.75) is 38.7 Å². The largest absolute Gasteiger partial charge is 0.461 e. The Morgan fingerprint density at radius 2 is 2.13 bits per heavy atom. The summed E-state index contributed by atoms with van der Waals surface area (Å²) in [6.07, 6.45) is 4.94. The van der Waals surface area contributed by atoms with E-state index in [1.165, 1.54) is 26.2 Å². The van der Waals surface area contributed by atoms with E-state index in [1.807, 2.05) is 0 Å². The van der Waals surface area contributed by atoms with Gasteiger partial charge in [-0.25, -0.2) is 0 Å². The minimum Gasteiger partial charge on any atom is -0.461 e. The van der Waals surface area contributed by atoms with Crippen molar-refractivity contribution in [2.24, 2.45) is 11.8 Å². The summed E-state index contributed by atoms with van der Waals surface area (Å²) in [5, 5.41) is -0.0279. The molecule has 84 valence electrons. The molecule has 0 heterocycles. The quantitative estimate of drug-likeness (QED) is 0.693. The van der Waals surface area contributed by atoms with Crippen LogP contribution in [0.4, 0.5) is 0 Å². The molecule has 2 saturated carbocycles. The van der Waals surface area contributed by atoms with E-state index >= 15 is 0 Å². The fourth-order valence-electron chi connectivity index (χ4n) is 2.69. The van der Waals surface area contributed by atoms with Gasteiger partial charge in [0.1, 0.15) is 6.10 Å². The zero-order chi connectivity index (χ0) is 10.8. The first-order valence-electron chi connectivity index (χ1n) is 5.48. The second-order valence-corrected chi connectivity index (χ2v) is 5.64. The smallest absolute Gasteiger partial charge is 0.316 e. The number of esters is 1. The average Bonchev–Trinajstić information content (AvgIpc) is 2.76. The van der Waals surface area contributed by atoms with Crippen LogP contribution in [0.2, 0.25) is 0 Å². The lowest BCUT2D eigenvalue weighted by molar-refractivity contribution is -0.148. The molecule has 0 spiro atoms. The van der Waals surface area contributed by atoms with Crippen molar-refractivity contribution in [3.63, 3.8) is 0 Å². The molecular weight excluding hydrogens is 212 g/mol. The van der Waals surface area contributed by atoms with Crippen LogP contribution >= 0.6 is 11.8 Å². The molecule has 3 atom stereocenters. The molecule has 0 aromatic heterocycles. The van der Waals surface area contributed by atoms with Gasteiger partial charge in [0.05, 0.1) is 5.75 Å². The van der Waals surface area contributed by atoms with E-state index in [0.29, 0.717) is 5.92 Å². The number of carbonyl (C=O) groups excluding carboxylic acids is 2. The lowest BCUT2D eigenvalue weighted by atomic mass is 9.98. The van der Waals surface area contributed by atoms with Crippen molar-refractivity contribution in [3.05, 3.63) is 0 Å². The third-order valence-corrected chi connectivity index (χ3v) is 4.14. The van der Waals surface area contributed by atoms with Crippen molar-refractivity contribution in [2.75, 3.05) is 5.75 Å².